The van der Waals surface area contributed by atoms with Gasteiger partial charge in [0.2, 0.25) is 0 Å². The molecule has 3 rings (SSSR count). The first-order valence-corrected chi connectivity index (χ1v) is 8.54. The minimum atomic E-state index is -0.142. The minimum absolute atomic E-state index is 0.140. The van der Waals surface area contributed by atoms with E-state index in [-0.39, 0.29) is 11.9 Å². The molecule has 0 amide bonds. The van der Waals surface area contributed by atoms with E-state index in [1.54, 1.807) is 12.1 Å². The molecule has 1 aliphatic carbocycles. The molecular weight excluding hydrogens is 287 g/mol. The lowest BCUT2D eigenvalue weighted by atomic mass is 9.80. The molecule has 1 saturated heterocycles. The molecule has 4 heteroatoms. The van der Waals surface area contributed by atoms with Gasteiger partial charge in [-0.05, 0) is 30.9 Å². The van der Waals surface area contributed by atoms with E-state index in [4.69, 9.17) is 11.6 Å². The van der Waals surface area contributed by atoms with E-state index in [0.717, 1.165) is 31.7 Å². The van der Waals surface area contributed by atoms with Gasteiger partial charge >= 0.3 is 0 Å². The summed E-state index contributed by atoms with van der Waals surface area (Å²) >= 11 is 6.38. The summed E-state index contributed by atoms with van der Waals surface area (Å²) in [5.74, 6) is 0.392. The molecule has 2 nitrogen and oxygen atoms in total. The monoisotopic (exact) mass is 310 g/mol. The maximum absolute atomic E-state index is 14.5. The molecule has 1 heterocycles. The van der Waals surface area contributed by atoms with Crippen molar-refractivity contribution in [3.63, 3.8) is 0 Å². The van der Waals surface area contributed by atoms with Crippen molar-refractivity contribution in [3.8, 4) is 0 Å². The van der Waals surface area contributed by atoms with Crippen LogP contribution in [0.25, 0.3) is 0 Å². The Bertz CT molecular complexity index is 430. The van der Waals surface area contributed by atoms with Crippen LogP contribution in [-0.4, -0.2) is 31.1 Å². The van der Waals surface area contributed by atoms with Gasteiger partial charge in [-0.25, -0.2) is 4.39 Å². The van der Waals surface area contributed by atoms with Gasteiger partial charge in [-0.15, -0.1) is 0 Å². The van der Waals surface area contributed by atoms with Gasteiger partial charge in [-0.1, -0.05) is 36.9 Å². The maximum atomic E-state index is 14.5. The zero-order valence-electron chi connectivity index (χ0n) is 12.5. The fourth-order valence-corrected chi connectivity index (χ4v) is 4.19. The van der Waals surface area contributed by atoms with E-state index in [0.29, 0.717) is 10.9 Å². The number of rotatable bonds is 3. The van der Waals surface area contributed by atoms with Crippen LogP contribution < -0.4 is 5.32 Å². The fourth-order valence-electron chi connectivity index (χ4n) is 3.92. The molecule has 1 aromatic carbocycles. The molecule has 0 radical (unpaired) electrons. The Morgan fingerprint density at radius 1 is 1.14 bits per heavy atom. The number of nitrogens with one attached hydrogen (secondary N) is 1. The summed E-state index contributed by atoms with van der Waals surface area (Å²) in [5, 5.41) is 3.97. The smallest absolute Gasteiger partial charge is 0.129 e. The third-order valence-corrected chi connectivity index (χ3v) is 5.27. The van der Waals surface area contributed by atoms with Gasteiger partial charge in [-0.3, -0.25) is 4.90 Å². The summed E-state index contributed by atoms with van der Waals surface area (Å²) in [7, 11) is 0. The highest BCUT2D eigenvalue weighted by atomic mass is 35.5. The first-order chi connectivity index (χ1) is 10.3. The summed E-state index contributed by atoms with van der Waals surface area (Å²) in [5.41, 5.74) is 0.730. The lowest BCUT2D eigenvalue weighted by Crippen LogP contribution is -2.47. The molecule has 0 spiro atoms. The molecular formula is C17H24ClFN2. The normalized spacial score (nSPS) is 23.1. The summed E-state index contributed by atoms with van der Waals surface area (Å²) < 4.78 is 14.5. The number of nitrogens with zero attached hydrogens (tertiary/aromatic N) is 1. The predicted molar refractivity (Wildman–Crippen MR) is 85.2 cm³/mol. The van der Waals surface area contributed by atoms with Crippen LogP contribution in [0.1, 0.15) is 43.7 Å². The zero-order valence-corrected chi connectivity index (χ0v) is 13.2. The van der Waals surface area contributed by atoms with Gasteiger partial charge in [0.25, 0.3) is 0 Å². The van der Waals surface area contributed by atoms with E-state index in [1.807, 2.05) is 6.07 Å². The van der Waals surface area contributed by atoms with Gasteiger partial charge in [0.15, 0.2) is 0 Å². The van der Waals surface area contributed by atoms with E-state index in [2.05, 4.69) is 10.2 Å². The van der Waals surface area contributed by atoms with Gasteiger partial charge < -0.3 is 5.32 Å². The SMILES string of the molecule is Fc1cccc(Cl)c1[C@@H](C1CCCCC1)N1CCNCC1. The van der Waals surface area contributed by atoms with Crippen molar-refractivity contribution in [1.29, 1.82) is 0 Å². The molecule has 0 aromatic heterocycles. The maximum Gasteiger partial charge on any atom is 0.129 e. The van der Waals surface area contributed by atoms with Gasteiger partial charge in [0.05, 0.1) is 0 Å². The quantitative estimate of drug-likeness (QED) is 0.907. The second kappa shape index (κ2) is 7.08. The van der Waals surface area contributed by atoms with Gasteiger partial charge in [-0.2, -0.15) is 0 Å². The summed E-state index contributed by atoms with van der Waals surface area (Å²) in [6.07, 6.45) is 6.23. The largest absolute Gasteiger partial charge is 0.314 e. The van der Waals surface area contributed by atoms with Crippen molar-refractivity contribution in [3.05, 3.63) is 34.6 Å². The molecule has 1 aromatic rings. The third kappa shape index (κ3) is 3.41. The van der Waals surface area contributed by atoms with Crippen molar-refractivity contribution in [2.75, 3.05) is 26.2 Å². The zero-order chi connectivity index (χ0) is 14.7. The van der Waals surface area contributed by atoms with Crippen molar-refractivity contribution in [2.45, 2.75) is 38.1 Å². The Morgan fingerprint density at radius 2 is 1.86 bits per heavy atom. The van der Waals surface area contributed by atoms with E-state index < -0.39 is 0 Å². The Kier molecular flexibility index (Phi) is 5.15. The third-order valence-electron chi connectivity index (χ3n) is 4.94. The lowest BCUT2D eigenvalue weighted by Gasteiger charge is -2.41. The highest BCUT2D eigenvalue weighted by Crippen LogP contribution is 2.41. The van der Waals surface area contributed by atoms with Crippen LogP contribution in [0.4, 0.5) is 4.39 Å². The average Bonchev–Trinajstić information content (AvgIpc) is 2.53. The molecule has 1 atom stereocenters. The lowest BCUT2D eigenvalue weighted by molar-refractivity contribution is 0.101. The highest BCUT2D eigenvalue weighted by Gasteiger charge is 2.33. The Balaban J connectivity index is 1.94. The molecule has 21 heavy (non-hydrogen) atoms. The van der Waals surface area contributed by atoms with Crippen molar-refractivity contribution in [1.82, 2.24) is 10.2 Å². The molecule has 1 saturated carbocycles. The second-order valence-corrected chi connectivity index (χ2v) is 6.67. The first kappa shape index (κ1) is 15.3. The van der Waals surface area contributed by atoms with Crippen LogP contribution in [0.15, 0.2) is 18.2 Å². The predicted octanol–water partition coefficient (Wildman–Crippen LogP) is 4.01. The number of benzene rings is 1. The van der Waals surface area contributed by atoms with E-state index in [1.165, 1.54) is 32.1 Å². The standard InChI is InChI=1S/C17H24ClFN2/c18-14-7-4-8-15(19)16(14)17(13-5-2-1-3-6-13)21-11-9-20-10-12-21/h4,7-8,13,17,20H,1-3,5-6,9-12H2/t17-/m1/s1. The number of hydrogen-bond acceptors (Lipinski definition) is 2. The van der Waals surface area contributed by atoms with Crippen LogP contribution >= 0.6 is 11.6 Å². The van der Waals surface area contributed by atoms with E-state index in [9.17, 15) is 4.39 Å². The average molecular weight is 311 g/mol. The number of piperazine rings is 1. The van der Waals surface area contributed by atoms with Crippen LogP contribution in [0.5, 0.6) is 0 Å². The molecule has 1 aliphatic heterocycles. The Morgan fingerprint density at radius 3 is 2.52 bits per heavy atom. The van der Waals surface area contributed by atoms with Crippen LogP contribution in [0, 0.1) is 11.7 Å². The topological polar surface area (TPSA) is 15.3 Å². The van der Waals surface area contributed by atoms with Crippen LogP contribution in [-0.2, 0) is 0 Å². The van der Waals surface area contributed by atoms with Crippen LogP contribution in [0.3, 0.4) is 0 Å². The number of halogens is 2. The Labute approximate surface area is 131 Å². The highest BCUT2D eigenvalue weighted by molar-refractivity contribution is 6.31. The van der Waals surface area contributed by atoms with Gasteiger partial charge in [0.1, 0.15) is 5.82 Å². The molecule has 2 aliphatic rings. The molecule has 0 unspecified atom stereocenters. The Hall–Kier alpha value is -0.640. The minimum Gasteiger partial charge on any atom is -0.314 e. The van der Waals surface area contributed by atoms with Crippen molar-refractivity contribution >= 4 is 11.6 Å². The van der Waals surface area contributed by atoms with Crippen molar-refractivity contribution in [2.24, 2.45) is 5.92 Å². The molecule has 2 fully saturated rings. The number of hydrogen-bond donors (Lipinski definition) is 1. The van der Waals surface area contributed by atoms with Crippen LogP contribution in [0.2, 0.25) is 5.02 Å². The molecule has 0 bridgehead atoms. The van der Waals surface area contributed by atoms with Gasteiger partial charge in [0, 0.05) is 42.8 Å². The second-order valence-electron chi connectivity index (χ2n) is 6.26. The molecule has 116 valence electrons. The molecule has 1 N–H and O–H groups in total. The summed E-state index contributed by atoms with van der Waals surface area (Å²) in [6, 6.07) is 5.23. The van der Waals surface area contributed by atoms with E-state index >= 15 is 0 Å². The first-order valence-electron chi connectivity index (χ1n) is 8.16. The summed E-state index contributed by atoms with van der Waals surface area (Å²) in [4.78, 5) is 2.44. The van der Waals surface area contributed by atoms with Crippen molar-refractivity contribution < 1.29 is 4.39 Å². The summed E-state index contributed by atoms with van der Waals surface area (Å²) in [6.45, 7) is 3.92. The fraction of sp³-hybridized carbons (Fsp3) is 0.647.